The molecule has 8 heteroatoms. The number of piperazine rings is 1. The van der Waals surface area contributed by atoms with Crippen molar-refractivity contribution in [3.05, 3.63) is 69.4 Å². The van der Waals surface area contributed by atoms with Crippen molar-refractivity contribution in [3.63, 3.8) is 0 Å². The van der Waals surface area contributed by atoms with Gasteiger partial charge < -0.3 is 29.3 Å². The van der Waals surface area contributed by atoms with Crippen LogP contribution < -0.4 is 9.47 Å². The number of Topliss-reactive ketones (excluding diaryl/α,β-unsaturated/α-hetero) is 1. The number of rotatable bonds is 11. The molecule has 3 aliphatic heterocycles. The van der Waals surface area contributed by atoms with Gasteiger partial charge in [0.2, 0.25) is 0 Å². The smallest absolute Gasteiger partial charge is 0.200 e. The van der Waals surface area contributed by atoms with E-state index in [-0.39, 0.29) is 34.8 Å². The van der Waals surface area contributed by atoms with Gasteiger partial charge in [-0.05, 0) is 92.3 Å². The summed E-state index contributed by atoms with van der Waals surface area (Å²) in [5.41, 5.74) is 2.31. The molecule has 2 fully saturated rings. The first kappa shape index (κ1) is 38.6. The second-order valence-electron chi connectivity index (χ2n) is 17.2. The fraction of sp³-hybridized carbons (Fsp3) is 0.614. The third kappa shape index (κ3) is 6.52. The van der Waals surface area contributed by atoms with E-state index in [0.29, 0.717) is 41.9 Å². The highest BCUT2D eigenvalue weighted by Crippen LogP contribution is 2.64. The average molecular weight is 715 g/mol. The van der Waals surface area contributed by atoms with E-state index in [4.69, 9.17) is 14.2 Å². The summed E-state index contributed by atoms with van der Waals surface area (Å²) in [6, 6.07) is 0. The van der Waals surface area contributed by atoms with Gasteiger partial charge in [0.15, 0.2) is 11.4 Å². The number of likely N-dealkylation sites (N-methyl/N-ethyl adjacent to an activating group) is 1. The number of carbonyl (C=O) groups excluding carboxylic acids is 1. The van der Waals surface area contributed by atoms with E-state index in [1.807, 2.05) is 18.2 Å². The Morgan fingerprint density at radius 1 is 1.04 bits per heavy atom. The molecule has 52 heavy (non-hydrogen) atoms. The minimum Gasteiger partial charge on any atom is -0.506 e. The molecule has 1 aromatic carbocycles. The van der Waals surface area contributed by atoms with E-state index in [9.17, 15) is 10.2 Å². The Balaban J connectivity index is 1.51. The van der Waals surface area contributed by atoms with Crippen molar-refractivity contribution in [2.45, 2.75) is 110 Å². The molecule has 1 aromatic rings. The number of aliphatic hydroxyl groups excluding tert-OH is 1. The van der Waals surface area contributed by atoms with Gasteiger partial charge in [-0.25, -0.2) is 0 Å². The Morgan fingerprint density at radius 2 is 1.73 bits per heavy atom. The summed E-state index contributed by atoms with van der Waals surface area (Å²) in [6.07, 6.45) is 14.6. The number of allylic oxidation sites excluding steroid dienone is 4. The Morgan fingerprint density at radius 3 is 2.37 bits per heavy atom. The highest BCUT2D eigenvalue weighted by Gasteiger charge is 2.73. The topological polar surface area (TPSA) is 91.7 Å². The van der Waals surface area contributed by atoms with E-state index in [1.54, 1.807) is 7.11 Å². The third-order valence-corrected chi connectivity index (χ3v) is 12.4. The molecule has 2 bridgehead atoms. The lowest BCUT2D eigenvalue weighted by Gasteiger charge is -2.65. The van der Waals surface area contributed by atoms with Crippen LogP contribution in [0, 0.1) is 17.8 Å². The van der Waals surface area contributed by atoms with Crippen molar-refractivity contribution in [1.29, 1.82) is 0 Å². The lowest BCUT2D eigenvalue weighted by molar-refractivity contribution is -0.255. The van der Waals surface area contributed by atoms with Gasteiger partial charge in [0, 0.05) is 69.2 Å². The number of ether oxygens (including phenoxy) is 3. The van der Waals surface area contributed by atoms with Crippen LogP contribution in [0.1, 0.15) is 103 Å². The standard InChI is InChI=1S/C44H62N2O6/c1-27(2)12-11-17-42(8)18-16-32-37(47)36-38(48)35-25-31-24-34(29(5)6)44(35,52-40(36)33(39(32)51-42)14-13-28(3)4)43(50-10,41(31)49)19-15-30(7)26-46-22-20-45(9)21-23-46/h12-13,15-16,18,25,29,31,34,41,47,49H,11,14,17,19-24,26H2,1-10H3/b30-15-/t31-,34-,41-,42+,43-,44?/m0/s1. The molecule has 284 valence electrons. The largest absolute Gasteiger partial charge is 0.506 e. The van der Waals surface area contributed by atoms with E-state index >= 15 is 4.79 Å². The maximum Gasteiger partial charge on any atom is 0.200 e. The van der Waals surface area contributed by atoms with Crippen molar-refractivity contribution in [3.8, 4) is 17.2 Å². The Hall–Kier alpha value is -3.17. The SMILES string of the molecule is CO[C@@]1(C/C=C(/C)CN2CCN(C)CC2)[C@@H](O)[C@@H]2C=C3C(=O)c4c(O)c5c(c(CC=C(C)C)c4OC31[C@H](C(C)C)C2)O[C@](C)(CCC=C(C)C)C=C5. The second-order valence-corrected chi connectivity index (χ2v) is 17.2. The fourth-order valence-corrected chi connectivity index (χ4v) is 9.43. The molecule has 2 N–H and O–H groups in total. The van der Waals surface area contributed by atoms with Crippen molar-refractivity contribution in [2.24, 2.45) is 17.8 Å². The highest BCUT2D eigenvalue weighted by molar-refractivity contribution is 6.16. The monoisotopic (exact) mass is 714 g/mol. The molecule has 3 aliphatic carbocycles. The summed E-state index contributed by atoms with van der Waals surface area (Å²) < 4.78 is 21.0. The van der Waals surface area contributed by atoms with Crippen molar-refractivity contribution in [1.82, 2.24) is 9.80 Å². The first-order valence-corrected chi connectivity index (χ1v) is 19.4. The lowest BCUT2D eigenvalue weighted by atomic mass is 9.48. The predicted molar refractivity (Wildman–Crippen MR) is 208 cm³/mol. The maximum absolute atomic E-state index is 15.1. The number of aromatic hydroxyl groups is 1. The van der Waals surface area contributed by atoms with Gasteiger partial charge in [-0.15, -0.1) is 0 Å². The van der Waals surface area contributed by atoms with Gasteiger partial charge in [-0.1, -0.05) is 54.9 Å². The molecule has 0 aromatic heterocycles. The van der Waals surface area contributed by atoms with Gasteiger partial charge >= 0.3 is 0 Å². The van der Waals surface area contributed by atoms with E-state index in [1.165, 1.54) is 11.1 Å². The Kier molecular flexibility index (Phi) is 10.8. The Bertz CT molecular complexity index is 1720. The molecule has 3 heterocycles. The van der Waals surface area contributed by atoms with Gasteiger partial charge in [0.05, 0.1) is 11.7 Å². The highest BCUT2D eigenvalue weighted by atomic mass is 16.6. The number of fused-ring (bicyclic) bond motifs is 4. The summed E-state index contributed by atoms with van der Waals surface area (Å²) in [6.45, 7) is 21.8. The zero-order valence-corrected chi connectivity index (χ0v) is 33.3. The summed E-state index contributed by atoms with van der Waals surface area (Å²) in [4.78, 5) is 19.9. The normalized spacial score (nSPS) is 31.3. The molecule has 1 saturated heterocycles. The van der Waals surface area contributed by atoms with Gasteiger partial charge in [0.1, 0.15) is 34.0 Å². The van der Waals surface area contributed by atoms with E-state index in [0.717, 1.165) is 56.7 Å². The summed E-state index contributed by atoms with van der Waals surface area (Å²) >= 11 is 0. The van der Waals surface area contributed by atoms with Gasteiger partial charge in [0.25, 0.3) is 0 Å². The number of aliphatic hydroxyl groups is 1. The van der Waals surface area contributed by atoms with Crippen LogP contribution in [0.3, 0.4) is 0 Å². The molecular formula is C44H62N2O6. The first-order valence-electron chi connectivity index (χ1n) is 19.4. The molecule has 1 unspecified atom stereocenters. The van der Waals surface area contributed by atoms with Crippen LogP contribution in [-0.4, -0.2) is 95.6 Å². The molecule has 1 saturated carbocycles. The Labute approximate surface area is 311 Å². The number of benzene rings is 1. The third-order valence-electron chi connectivity index (χ3n) is 12.4. The molecular weight excluding hydrogens is 652 g/mol. The van der Waals surface area contributed by atoms with Crippen molar-refractivity contribution >= 4 is 11.9 Å². The second kappa shape index (κ2) is 14.6. The number of nitrogens with zero attached hydrogens (tertiary/aromatic N) is 2. The zero-order valence-electron chi connectivity index (χ0n) is 33.3. The van der Waals surface area contributed by atoms with Gasteiger partial charge in [-0.2, -0.15) is 0 Å². The van der Waals surface area contributed by atoms with Crippen LogP contribution in [-0.2, 0) is 11.2 Å². The van der Waals surface area contributed by atoms with Crippen LogP contribution in [0.4, 0.5) is 0 Å². The summed E-state index contributed by atoms with van der Waals surface area (Å²) in [5, 5.41) is 24.3. The van der Waals surface area contributed by atoms with Crippen LogP contribution >= 0.6 is 0 Å². The number of phenolic OH excluding ortho intramolecular Hbond substituents is 1. The lowest BCUT2D eigenvalue weighted by Crippen LogP contribution is -2.77. The fourth-order valence-electron chi connectivity index (χ4n) is 9.43. The molecule has 0 amide bonds. The van der Waals surface area contributed by atoms with E-state index < -0.39 is 22.9 Å². The maximum atomic E-state index is 15.1. The van der Waals surface area contributed by atoms with Crippen LogP contribution in [0.5, 0.6) is 17.2 Å². The van der Waals surface area contributed by atoms with Crippen LogP contribution in [0.2, 0.25) is 0 Å². The predicted octanol–water partition coefficient (Wildman–Crippen LogP) is 7.69. The number of carbonyl (C=O) groups is 1. The molecule has 0 radical (unpaired) electrons. The number of hydrogen-bond donors (Lipinski definition) is 2. The quantitative estimate of drug-likeness (QED) is 0.226. The summed E-state index contributed by atoms with van der Waals surface area (Å²) in [7, 11) is 3.82. The number of phenols is 1. The number of methoxy groups -OCH3 is 1. The minimum absolute atomic E-state index is 0.114. The molecule has 6 aliphatic rings. The van der Waals surface area contributed by atoms with E-state index in [2.05, 4.69) is 90.5 Å². The average Bonchev–Trinajstić information content (AvgIpc) is 3.08. The molecule has 1 spiro atoms. The van der Waals surface area contributed by atoms with Gasteiger partial charge in [-0.3, -0.25) is 9.69 Å². The first-order chi connectivity index (χ1) is 24.6. The van der Waals surface area contributed by atoms with Crippen molar-refractivity contribution < 1.29 is 29.2 Å². The number of ketones is 1. The molecule has 7 rings (SSSR count). The number of hydrogen-bond acceptors (Lipinski definition) is 8. The zero-order chi connectivity index (χ0) is 37.7. The van der Waals surface area contributed by atoms with Crippen LogP contribution in [0.25, 0.3) is 6.08 Å². The molecule has 8 nitrogen and oxygen atoms in total. The van der Waals surface area contributed by atoms with Crippen molar-refractivity contribution in [2.75, 3.05) is 46.9 Å². The minimum atomic E-state index is -1.30. The van der Waals surface area contributed by atoms with Crippen LogP contribution in [0.15, 0.2) is 52.7 Å². The summed E-state index contributed by atoms with van der Waals surface area (Å²) in [5.74, 6) is 0.201. The molecule has 6 atom stereocenters.